The molecule has 33 heavy (non-hydrogen) atoms. The van der Waals surface area contributed by atoms with E-state index < -0.39 is 0 Å². The van der Waals surface area contributed by atoms with Gasteiger partial charge in [0, 0.05) is 49.8 Å². The quantitative estimate of drug-likeness (QED) is 0.555. The molecule has 2 amide bonds. The van der Waals surface area contributed by atoms with Gasteiger partial charge in [-0.15, -0.1) is 0 Å². The van der Waals surface area contributed by atoms with E-state index in [0.717, 1.165) is 12.1 Å². The third-order valence-electron chi connectivity index (χ3n) is 5.65. The van der Waals surface area contributed by atoms with Crippen LogP contribution in [0.15, 0.2) is 73.1 Å². The number of carbonyl (C=O) groups is 2. The lowest BCUT2D eigenvalue weighted by Gasteiger charge is -2.22. The van der Waals surface area contributed by atoms with Gasteiger partial charge < -0.3 is 23.8 Å². The van der Waals surface area contributed by atoms with E-state index in [4.69, 9.17) is 9.47 Å². The lowest BCUT2D eigenvalue weighted by Crippen LogP contribution is -2.39. The van der Waals surface area contributed by atoms with Gasteiger partial charge in [0.25, 0.3) is 11.8 Å². The number of rotatable bonds is 7. The first-order valence-electron chi connectivity index (χ1n) is 11.3. The van der Waals surface area contributed by atoms with Crippen LogP contribution in [0.4, 0.5) is 0 Å². The van der Waals surface area contributed by atoms with Gasteiger partial charge in [0.15, 0.2) is 18.1 Å². The molecule has 0 N–H and O–H groups in total. The van der Waals surface area contributed by atoms with Crippen molar-refractivity contribution in [3.8, 4) is 17.2 Å². The van der Waals surface area contributed by atoms with Crippen LogP contribution >= 0.6 is 0 Å². The van der Waals surface area contributed by atoms with E-state index >= 15 is 0 Å². The number of aromatic nitrogens is 1. The molecule has 7 heteroatoms. The largest absolute Gasteiger partial charge is 0.490 e. The Bertz CT molecular complexity index is 1060. The van der Waals surface area contributed by atoms with E-state index in [2.05, 4.69) is 0 Å². The first-order chi connectivity index (χ1) is 16.2. The molecule has 0 saturated carbocycles. The summed E-state index contributed by atoms with van der Waals surface area (Å²) in [4.78, 5) is 29.4. The molecule has 0 bridgehead atoms. The second-order valence-corrected chi connectivity index (χ2v) is 7.83. The van der Waals surface area contributed by atoms with Gasteiger partial charge in [-0.05, 0) is 61.9 Å². The van der Waals surface area contributed by atoms with E-state index in [1.807, 2.05) is 83.4 Å². The number of hydrogen-bond donors (Lipinski definition) is 0. The molecule has 3 aromatic rings. The van der Waals surface area contributed by atoms with Gasteiger partial charge in [0.05, 0.1) is 6.61 Å². The average molecular weight is 448 g/mol. The first-order valence-corrected chi connectivity index (χ1v) is 11.3. The molecular formula is C26H29N3O4. The van der Waals surface area contributed by atoms with E-state index in [1.54, 1.807) is 11.0 Å². The van der Waals surface area contributed by atoms with E-state index in [9.17, 15) is 9.59 Å². The molecule has 1 saturated heterocycles. The third-order valence-corrected chi connectivity index (χ3v) is 5.65. The van der Waals surface area contributed by atoms with Gasteiger partial charge >= 0.3 is 0 Å². The van der Waals surface area contributed by atoms with E-state index in [-0.39, 0.29) is 18.4 Å². The van der Waals surface area contributed by atoms with Crippen LogP contribution in [0.5, 0.6) is 11.5 Å². The average Bonchev–Trinajstić information content (AvgIpc) is 3.28. The van der Waals surface area contributed by atoms with Crippen molar-refractivity contribution in [2.45, 2.75) is 13.3 Å². The minimum atomic E-state index is -0.0910. The number of benzene rings is 2. The second-order valence-electron chi connectivity index (χ2n) is 7.83. The van der Waals surface area contributed by atoms with Crippen molar-refractivity contribution in [3.63, 3.8) is 0 Å². The van der Waals surface area contributed by atoms with E-state index in [0.29, 0.717) is 49.8 Å². The zero-order chi connectivity index (χ0) is 23.0. The normalized spacial score (nSPS) is 14.0. The summed E-state index contributed by atoms with van der Waals surface area (Å²) in [5.41, 5.74) is 1.66. The molecule has 1 aromatic heterocycles. The maximum absolute atomic E-state index is 13.0. The Morgan fingerprint density at radius 1 is 0.788 bits per heavy atom. The topological polar surface area (TPSA) is 64.0 Å². The van der Waals surface area contributed by atoms with Crippen LogP contribution in [0.3, 0.4) is 0 Å². The maximum atomic E-state index is 13.0. The molecule has 172 valence electrons. The van der Waals surface area contributed by atoms with Crippen LogP contribution < -0.4 is 9.47 Å². The molecule has 7 nitrogen and oxygen atoms in total. The van der Waals surface area contributed by atoms with Gasteiger partial charge in [0.1, 0.15) is 0 Å². The molecule has 1 fully saturated rings. The molecule has 0 radical (unpaired) electrons. The van der Waals surface area contributed by atoms with Crippen molar-refractivity contribution in [1.29, 1.82) is 0 Å². The van der Waals surface area contributed by atoms with Crippen molar-refractivity contribution in [2.75, 3.05) is 39.4 Å². The molecular weight excluding hydrogens is 418 g/mol. The highest BCUT2D eigenvalue weighted by Crippen LogP contribution is 2.26. The summed E-state index contributed by atoms with van der Waals surface area (Å²) in [6, 6.07) is 18.9. The highest BCUT2D eigenvalue weighted by molar-refractivity contribution is 5.94. The molecule has 2 heterocycles. The second kappa shape index (κ2) is 10.7. The summed E-state index contributed by atoms with van der Waals surface area (Å²) in [6.07, 6.45) is 4.67. The zero-order valence-corrected chi connectivity index (χ0v) is 18.9. The van der Waals surface area contributed by atoms with Gasteiger partial charge in [-0.2, -0.15) is 0 Å². The van der Waals surface area contributed by atoms with Gasteiger partial charge in [-0.3, -0.25) is 9.59 Å². The standard InChI is InChI=1S/C26H29N3O4/c1-2-32-23-8-3-4-9-24(23)33-20-25(30)28-16-7-17-29(19-18-28)26(31)21-10-12-22(13-11-21)27-14-5-6-15-27/h3-6,8-15H,2,7,16-20H2,1H3. The van der Waals surface area contributed by atoms with Crippen molar-refractivity contribution < 1.29 is 19.1 Å². The Labute approximate surface area is 194 Å². The molecule has 0 aliphatic carbocycles. The Balaban J connectivity index is 1.31. The minimum Gasteiger partial charge on any atom is -0.490 e. The Morgan fingerprint density at radius 2 is 1.42 bits per heavy atom. The zero-order valence-electron chi connectivity index (χ0n) is 18.9. The number of para-hydroxylation sites is 2. The molecule has 0 atom stereocenters. The van der Waals surface area contributed by atoms with Crippen LogP contribution in [0, 0.1) is 0 Å². The fraction of sp³-hybridized carbons (Fsp3) is 0.308. The molecule has 4 rings (SSSR count). The number of amides is 2. The predicted octanol–water partition coefficient (Wildman–Crippen LogP) is 3.63. The van der Waals surface area contributed by atoms with Crippen LogP contribution in [0.1, 0.15) is 23.7 Å². The monoisotopic (exact) mass is 447 g/mol. The van der Waals surface area contributed by atoms with Gasteiger partial charge in [-0.25, -0.2) is 0 Å². The number of ether oxygens (including phenoxy) is 2. The fourth-order valence-corrected chi connectivity index (χ4v) is 3.91. The maximum Gasteiger partial charge on any atom is 0.260 e. The molecule has 0 unspecified atom stereocenters. The minimum absolute atomic E-state index is 0.00903. The SMILES string of the molecule is CCOc1ccccc1OCC(=O)N1CCCN(C(=O)c2ccc(-n3cccc3)cc2)CC1. The predicted molar refractivity (Wildman–Crippen MR) is 126 cm³/mol. The van der Waals surface area contributed by atoms with Crippen molar-refractivity contribution in [3.05, 3.63) is 78.6 Å². The Kier molecular flexibility index (Phi) is 7.29. The number of nitrogens with zero attached hydrogens (tertiary/aromatic N) is 3. The van der Waals surface area contributed by atoms with Crippen molar-refractivity contribution >= 4 is 11.8 Å². The van der Waals surface area contributed by atoms with Crippen molar-refractivity contribution in [2.24, 2.45) is 0 Å². The summed E-state index contributed by atoms with van der Waals surface area (Å²) in [7, 11) is 0. The van der Waals surface area contributed by atoms with E-state index in [1.165, 1.54) is 0 Å². The molecule has 0 spiro atoms. The highest BCUT2D eigenvalue weighted by atomic mass is 16.5. The van der Waals surface area contributed by atoms with Crippen LogP contribution in [-0.4, -0.2) is 65.6 Å². The summed E-state index contributed by atoms with van der Waals surface area (Å²) in [5, 5.41) is 0. The summed E-state index contributed by atoms with van der Waals surface area (Å²) < 4.78 is 13.3. The number of carbonyl (C=O) groups excluding carboxylic acids is 2. The van der Waals surface area contributed by atoms with Gasteiger partial charge in [0.2, 0.25) is 0 Å². The number of hydrogen-bond acceptors (Lipinski definition) is 4. The first kappa shape index (κ1) is 22.5. The van der Waals surface area contributed by atoms with Crippen LogP contribution in [0.2, 0.25) is 0 Å². The Hall–Kier alpha value is -3.74. The molecule has 2 aromatic carbocycles. The fourth-order valence-electron chi connectivity index (χ4n) is 3.91. The smallest absolute Gasteiger partial charge is 0.260 e. The third kappa shape index (κ3) is 5.55. The van der Waals surface area contributed by atoms with Crippen LogP contribution in [0.25, 0.3) is 5.69 Å². The Morgan fingerprint density at radius 3 is 2.12 bits per heavy atom. The summed E-state index contributed by atoms with van der Waals surface area (Å²) >= 11 is 0. The van der Waals surface area contributed by atoms with Gasteiger partial charge in [-0.1, -0.05) is 12.1 Å². The van der Waals surface area contributed by atoms with Crippen molar-refractivity contribution in [1.82, 2.24) is 14.4 Å². The summed E-state index contributed by atoms with van der Waals surface area (Å²) in [5.74, 6) is 1.09. The van der Waals surface area contributed by atoms with Crippen LogP contribution in [-0.2, 0) is 4.79 Å². The molecule has 1 aliphatic rings. The molecule has 1 aliphatic heterocycles. The lowest BCUT2D eigenvalue weighted by molar-refractivity contribution is -0.133. The highest BCUT2D eigenvalue weighted by Gasteiger charge is 2.23. The summed E-state index contributed by atoms with van der Waals surface area (Å²) in [6.45, 7) is 4.59. The lowest BCUT2D eigenvalue weighted by atomic mass is 10.1.